The molecule has 0 saturated carbocycles. The Labute approximate surface area is 188 Å². The molecule has 3 aromatic carbocycles. The first-order chi connectivity index (χ1) is 15.4. The van der Waals surface area contributed by atoms with Crippen molar-refractivity contribution >= 4 is 29.3 Å². The van der Waals surface area contributed by atoms with Crippen molar-refractivity contribution in [3.8, 4) is 17.6 Å². The van der Waals surface area contributed by atoms with Gasteiger partial charge < -0.3 is 14.8 Å². The highest BCUT2D eigenvalue weighted by molar-refractivity contribution is 6.32. The van der Waals surface area contributed by atoms with Gasteiger partial charge in [-0.2, -0.15) is 5.26 Å². The normalized spacial score (nSPS) is 10.9. The molecule has 1 N–H and O–H groups in total. The molecule has 0 aliphatic rings. The molecule has 0 aliphatic heterocycles. The first kappa shape index (κ1) is 22.8. The highest BCUT2D eigenvalue weighted by atomic mass is 35.5. The third-order valence-electron chi connectivity index (χ3n) is 4.33. The number of rotatable bonds is 7. The highest BCUT2D eigenvalue weighted by Gasteiger charge is 2.15. The minimum Gasteiger partial charge on any atom is -0.493 e. The van der Waals surface area contributed by atoms with E-state index in [9.17, 15) is 18.8 Å². The average molecular weight is 455 g/mol. The maximum Gasteiger partial charge on any atom is 0.266 e. The lowest BCUT2D eigenvalue weighted by atomic mass is 10.1. The lowest BCUT2D eigenvalue weighted by molar-refractivity contribution is -0.112. The maximum absolute atomic E-state index is 13.1. The van der Waals surface area contributed by atoms with Crippen molar-refractivity contribution in [2.75, 3.05) is 12.4 Å². The number of methoxy groups -OCH3 is 1. The molecule has 162 valence electrons. The molecule has 0 aliphatic carbocycles. The van der Waals surface area contributed by atoms with E-state index < -0.39 is 11.7 Å². The van der Waals surface area contributed by atoms with Gasteiger partial charge in [0.15, 0.2) is 11.5 Å². The van der Waals surface area contributed by atoms with E-state index in [0.29, 0.717) is 17.0 Å². The summed E-state index contributed by atoms with van der Waals surface area (Å²) < 4.78 is 37.1. The molecule has 8 heteroatoms. The molecule has 32 heavy (non-hydrogen) atoms. The van der Waals surface area contributed by atoms with Crippen LogP contribution in [0.5, 0.6) is 11.5 Å². The number of nitrogens with zero attached hydrogens (tertiary/aromatic N) is 1. The Morgan fingerprint density at radius 2 is 1.72 bits per heavy atom. The van der Waals surface area contributed by atoms with E-state index in [-0.39, 0.29) is 28.8 Å². The summed E-state index contributed by atoms with van der Waals surface area (Å²) in [7, 11) is 1.43. The number of anilines is 1. The van der Waals surface area contributed by atoms with Crippen molar-refractivity contribution in [3.63, 3.8) is 0 Å². The summed E-state index contributed by atoms with van der Waals surface area (Å²) in [6.45, 7) is 0.134. The SMILES string of the molecule is COc1cc(/C=C(\C#N)C(=O)Nc2ccc(F)cc2)cc(Cl)c1OCc1ccc(F)cc1. The van der Waals surface area contributed by atoms with Crippen molar-refractivity contribution in [1.82, 2.24) is 0 Å². The fourth-order valence-electron chi connectivity index (χ4n) is 2.75. The highest BCUT2D eigenvalue weighted by Crippen LogP contribution is 2.37. The number of nitrogens with one attached hydrogen (secondary N) is 1. The van der Waals surface area contributed by atoms with Gasteiger partial charge in [-0.15, -0.1) is 0 Å². The van der Waals surface area contributed by atoms with Crippen LogP contribution in [0.1, 0.15) is 11.1 Å². The molecule has 0 heterocycles. The van der Waals surface area contributed by atoms with Crippen LogP contribution in [0.4, 0.5) is 14.5 Å². The molecule has 0 fully saturated rings. The van der Waals surface area contributed by atoms with Gasteiger partial charge in [-0.25, -0.2) is 8.78 Å². The van der Waals surface area contributed by atoms with E-state index in [2.05, 4.69) is 5.32 Å². The van der Waals surface area contributed by atoms with Gasteiger partial charge in [0.25, 0.3) is 5.91 Å². The van der Waals surface area contributed by atoms with Crippen molar-refractivity contribution in [3.05, 3.63) is 94.0 Å². The van der Waals surface area contributed by atoms with E-state index in [4.69, 9.17) is 21.1 Å². The predicted octanol–water partition coefficient (Wildman–Crippen LogP) is 5.75. The Hall–Kier alpha value is -3.89. The number of amides is 1. The topological polar surface area (TPSA) is 71.3 Å². The Bertz CT molecular complexity index is 1190. The lowest BCUT2D eigenvalue weighted by Gasteiger charge is -2.13. The number of carbonyl (C=O) groups excluding carboxylic acids is 1. The minimum atomic E-state index is -0.661. The number of halogens is 3. The van der Waals surface area contributed by atoms with Crippen LogP contribution in [0.2, 0.25) is 5.02 Å². The molecular formula is C24H17ClF2N2O3. The van der Waals surface area contributed by atoms with E-state index in [1.165, 1.54) is 55.7 Å². The summed E-state index contributed by atoms with van der Waals surface area (Å²) in [6.07, 6.45) is 1.34. The zero-order valence-electron chi connectivity index (χ0n) is 16.9. The number of carbonyl (C=O) groups is 1. The second-order valence-electron chi connectivity index (χ2n) is 6.58. The van der Waals surface area contributed by atoms with Crippen molar-refractivity contribution in [2.24, 2.45) is 0 Å². The van der Waals surface area contributed by atoms with Gasteiger partial charge in [0.1, 0.15) is 29.9 Å². The third kappa shape index (κ3) is 5.84. The molecular weight excluding hydrogens is 438 g/mol. The van der Waals surface area contributed by atoms with E-state index >= 15 is 0 Å². The molecule has 0 saturated heterocycles. The van der Waals surface area contributed by atoms with Gasteiger partial charge in [0.05, 0.1) is 12.1 Å². The average Bonchev–Trinajstić information content (AvgIpc) is 2.79. The van der Waals surface area contributed by atoms with Gasteiger partial charge in [0, 0.05) is 5.69 Å². The summed E-state index contributed by atoms with van der Waals surface area (Å²) in [4.78, 5) is 12.4. The molecule has 1 amide bonds. The number of benzene rings is 3. The molecule has 5 nitrogen and oxygen atoms in total. The zero-order chi connectivity index (χ0) is 23.1. The molecule has 0 aromatic heterocycles. The van der Waals surface area contributed by atoms with Crippen LogP contribution in [0.3, 0.4) is 0 Å². The van der Waals surface area contributed by atoms with E-state index in [0.717, 1.165) is 5.56 Å². The molecule has 3 rings (SSSR count). The fraction of sp³-hybridized carbons (Fsp3) is 0.0833. The molecule has 3 aromatic rings. The second kappa shape index (κ2) is 10.4. The summed E-state index contributed by atoms with van der Waals surface area (Å²) >= 11 is 6.34. The Kier molecular flexibility index (Phi) is 7.42. The van der Waals surface area contributed by atoms with Crippen LogP contribution in [0, 0.1) is 23.0 Å². The summed E-state index contributed by atoms with van der Waals surface area (Å²) in [5.74, 6) is -0.891. The van der Waals surface area contributed by atoms with Crippen LogP contribution in [0.25, 0.3) is 6.08 Å². The molecule has 0 radical (unpaired) electrons. The van der Waals surface area contributed by atoms with E-state index in [1.54, 1.807) is 18.2 Å². The van der Waals surface area contributed by atoms with Gasteiger partial charge in [-0.05, 0) is 65.7 Å². The zero-order valence-corrected chi connectivity index (χ0v) is 17.6. The fourth-order valence-corrected chi connectivity index (χ4v) is 3.02. The number of ether oxygens (including phenoxy) is 2. The second-order valence-corrected chi connectivity index (χ2v) is 6.99. The van der Waals surface area contributed by atoms with Crippen LogP contribution < -0.4 is 14.8 Å². The largest absolute Gasteiger partial charge is 0.493 e. The smallest absolute Gasteiger partial charge is 0.266 e. The quantitative estimate of drug-likeness (QED) is 0.364. The van der Waals surface area contributed by atoms with Crippen LogP contribution in [-0.2, 0) is 11.4 Å². The van der Waals surface area contributed by atoms with Crippen molar-refractivity contribution < 1.29 is 23.0 Å². The minimum absolute atomic E-state index is 0.134. The van der Waals surface area contributed by atoms with Gasteiger partial charge in [0.2, 0.25) is 0 Å². The van der Waals surface area contributed by atoms with Gasteiger partial charge in [-0.1, -0.05) is 23.7 Å². The van der Waals surface area contributed by atoms with Crippen LogP contribution in [0.15, 0.2) is 66.2 Å². The molecule has 0 spiro atoms. The summed E-state index contributed by atoms with van der Waals surface area (Å²) in [5, 5.41) is 12.1. The third-order valence-corrected chi connectivity index (χ3v) is 4.61. The number of hydrogen-bond acceptors (Lipinski definition) is 4. The van der Waals surface area contributed by atoms with Crippen LogP contribution >= 0.6 is 11.6 Å². The molecule has 0 bridgehead atoms. The molecule has 0 unspecified atom stereocenters. The van der Waals surface area contributed by atoms with Crippen molar-refractivity contribution in [1.29, 1.82) is 5.26 Å². The Balaban J connectivity index is 1.80. The van der Waals surface area contributed by atoms with E-state index in [1.807, 2.05) is 6.07 Å². The number of nitriles is 1. The van der Waals surface area contributed by atoms with Crippen LogP contribution in [-0.4, -0.2) is 13.0 Å². The standard InChI is InChI=1S/C24H17ClF2N2O3/c1-31-22-12-16(10-17(13-28)24(30)29-20-8-6-19(27)7-9-20)11-21(25)23(22)32-14-15-2-4-18(26)5-3-15/h2-12H,14H2,1H3,(H,29,30)/b17-10+. The maximum atomic E-state index is 13.1. The summed E-state index contributed by atoms with van der Waals surface area (Å²) in [6, 6.07) is 15.9. The first-order valence-electron chi connectivity index (χ1n) is 9.33. The predicted molar refractivity (Wildman–Crippen MR) is 117 cm³/mol. The van der Waals surface area contributed by atoms with Crippen molar-refractivity contribution in [2.45, 2.75) is 6.61 Å². The Morgan fingerprint density at radius 1 is 1.09 bits per heavy atom. The first-order valence-corrected chi connectivity index (χ1v) is 9.71. The van der Waals surface area contributed by atoms with Gasteiger partial charge >= 0.3 is 0 Å². The summed E-state index contributed by atoms with van der Waals surface area (Å²) in [5.41, 5.74) is 1.33. The molecule has 0 atom stereocenters. The monoisotopic (exact) mass is 454 g/mol. The lowest BCUT2D eigenvalue weighted by Crippen LogP contribution is -2.13. The number of hydrogen-bond donors (Lipinski definition) is 1. The van der Waals surface area contributed by atoms with Gasteiger partial charge in [-0.3, -0.25) is 4.79 Å². The Morgan fingerprint density at radius 3 is 2.31 bits per heavy atom.